The maximum atomic E-state index is 12.9. The van der Waals surface area contributed by atoms with Crippen LogP contribution in [0.3, 0.4) is 0 Å². The van der Waals surface area contributed by atoms with Gasteiger partial charge in [-0.25, -0.2) is 4.68 Å². The van der Waals surface area contributed by atoms with Crippen molar-refractivity contribution in [2.45, 2.75) is 38.1 Å². The summed E-state index contributed by atoms with van der Waals surface area (Å²) < 4.78 is 6.56. The molecule has 2 aliphatic rings. The molecule has 1 aromatic carbocycles. The lowest BCUT2D eigenvalue weighted by molar-refractivity contribution is -0.141. The van der Waals surface area contributed by atoms with Gasteiger partial charge in [-0.05, 0) is 31.9 Å². The number of ether oxygens (including phenoxy) is 1. The smallest absolute Gasteiger partial charge is 0.306 e. The van der Waals surface area contributed by atoms with Crippen LogP contribution >= 0.6 is 0 Å². The predicted molar refractivity (Wildman–Crippen MR) is 118 cm³/mol. The number of anilines is 1. The number of carbonyl (C=O) groups is 2. The van der Waals surface area contributed by atoms with Crippen LogP contribution in [0.1, 0.15) is 37.8 Å². The summed E-state index contributed by atoms with van der Waals surface area (Å²) >= 11 is 0. The molecule has 8 heteroatoms. The Hall–Kier alpha value is -2.71. The Labute approximate surface area is 183 Å². The van der Waals surface area contributed by atoms with E-state index < -0.39 is 0 Å². The van der Waals surface area contributed by atoms with Crippen LogP contribution in [0.2, 0.25) is 0 Å². The fourth-order valence-corrected chi connectivity index (χ4v) is 4.06. The largest absolute Gasteiger partial charge is 0.469 e. The van der Waals surface area contributed by atoms with Crippen molar-refractivity contribution in [1.82, 2.24) is 19.6 Å². The van der Waals surface area contributed by atoms with Crippen LogP contribution in [-0.4, -0.2) is 77.3 Å². The van der Waals surface area contributed by atoms with Crippen LogP contribution in [0, 0.1) is 0 Å². The van der Waals surface area contributed by atoms with Crippen molar-refractivity contribution >= 4 is 17.7 Å². The molecule has 0 bridgehead atoms. The maximum absolute atomic E-state index is 12.9. The van der Waals surface area contributed by atoms with Gasteiger partial charge in [0.25, 0.3) is 0 Å². The van der Waals surface area contributed by atoms with E-state index in [0.717, 1.165) is 49.7 Å². The summed E-state index contributed by atoms with van der Waals surface area (Å²) in [5, 5.41) is 7.84. The Morgan fingerprint density at radius 2 is 1.97 bits per heavy atom. The van der Waals surface area contributed by atoms with E-state index in [1.807, 2.05) is 41.1 Å². The van der Waals surface area contributed by atoms with Gasteiger partial charge in [0, 0.05) is 44.2 Å². The van der Waals surface area contributed by atoms with E-state index in [1.54, 1.807) is 0 Å². The Bertz CT molecular complexity index is 909. The SMILES string of the molecule is COC(=O)CCN1CCN(CC(=O)Nc2cc(C3CC3)nn2-c2ccccc2)C(C)C1. The Morgan fingerprint density at radius 3 is 2.65 bits per heavy atom. The minimum atomic E-state index is -0.185. The Balaban J connectivity index is 1.35. The summed E-state index contributed by atoms with van der Waals surface area (Å²) in [5.74, 6) is 1.02. The molecule has 1 N–H and O–H groups in total. The van der Waals surface area contributed by atoms with Crippen LogP contribution in [0.25, 0.3) is 5.69 Å². The summed E-state index contributed by atoms with van der Waals surface area (Å²) in [4.78, 5) is 28.7. The topological polar surface area (TPSA) is 79.7 Å². The third-order valence-corrected chi connectivity index (χ3v) is 6.05. The highest BCUT2D eigenvalue weighted by atomic mass is 16.5. The molecular formula is C23H31N5O3. The fraction of sp³-hybridized carbons (Fsp3) is 0.522. The van der Waals surface area contributed by atoms with Gasteiger partial charge in [-0.2, -0.15) is 5.10 Å². The van der Waals surface area contributed by atoms with E-state index >= 15 is 0 Å². The van der Waals surface area contributed by atoms with Crippen molar-refractivity contribution in [3.63, 3.8) is 0 Å². The lowest BCUT2D eigenvalue weighted by Gasteiger charge is -2.39. The predicted octanol–water partition coefficient (Wildman–Crippen LogP) is 2.26. The van der Waals surface area contributed by atoms with E-state index in [2.05, 4.69) is 22.0 Å². The lowest BCUT2D eigenvalue weighted by Crippen LogP contribution is -2.54. The number of hydrogen-bond donors (Lipinski definition) is 1. The molecule has 166 valence electrons. The molecule has 2 fully saturated rings. The summed E-state index contributed by atoms with van der Waals surface area (Å²) in [6.07, 6.45) is 2.73. The third-order valence-electron chi connectivity index (χ3n) is 6.05. The molecule has 0 radical (unpaired) electrons. The standard InChI is InChI=1S/C23H31N5O3/c1-17-15-26(11-10-23(30)31-2)12-13-27(17)16-22(29)24-21-14-20(18-8-9-18)25-28(21)19-6-4-3-5-7-19/h3-7,14,17-18H,8-13,15-16H2,1-2H3,(H,24,29). The number of nitrogens with one attached hydrogen (secondary N) is 1. The van der Waals surface area contributed by atoms with Crippen LogP contribution in [0.15, 0.2) is 36.4 Å². The number of rotatable bonds is 8. The minimum Gasteiger partial charge on any atom is -0.469 e. The number of nitrogens with zero attached hydrogens (tertiary/aromatic N) is 4. The molecule has 8 nitrogen and oxygen atoms in total. The van der Waals surface area contributed by atoms with Crippen LogP contribution in [0.5, 0.6) is 0 Å². The fourth-order valence-electron chi connectivity index (χ4n) is 4.06. The van der Waals surface area contributed by atoms with Crippen molar-refractivity contribution in [3.05, 3.63) is 42.1 Å². The first-order valence-electron chi connectivity index (χ1n) is 11.0. The number of para-hydroxylation sites is 1. The second kappa shape index (κ2) is 9.62. The first-order valence-corrected chi connectivity index (χ1v) is 11.0. The number of esters is 1. The Kier molecular flexibility index (Phi) is 6.67. The van der Waals surface area contributed by atoms with Gasteiger partial charge in [-0.1, -0.05) is 18.2 Å². The van der Waals surface area contributed by atoms with E-state index in [0.29, 0.717) is 25.4 Å². The van der Waals surface area contributed by atoms with Gasteiger partial charge in [-0.3, -0.25) is 19.4 Å². The highest BCUT2D eigenvalue weighted by Gasteiger charge is 2.29. The molecule has 1 amide bonds. The third kappa shape index (κ3) is 5.51. The number of methoxy groups -OCH3 is 1. The molecule has 2 aromatic rings. The molecule has 4 rings (SSSR count). The molecule has 1 atom stereocenters. The van der Waals surface area contributed by atoms with E-state index in [-0.39, 0.29) is 17.9 Å². The molecule has 1 aliphatic heterocycles. The van der Waals surface area contributed by atoms with Gasteiger partial charge in [0.05, 0.1) is 31.5 Å². The van der Waals surface area contributed by atoms with Crippen molar-refractivity contribution in [1.29, 1.82) is 0 Å². The monoisotopic (exact) mass is 425 g/mol. The lowest BCUT2D eigenvalue weighted by atomic mass is 10.2. The highest BCUT2D eigenvalue weighted by Crippen LogP contribution is 2.40. The summed E-state index contributed by atoms with van der Waals surface area (Å²) in [6.45, 7) is 5.61. The van der Waals surface area contributed by atoms with Gasteiger partial charge in [0.15, 0.2) is 0 Å². The highest BCUT2D eigenvalue weighted by molar-refractivity contribution is 5.91. The van der Waals surface area contributed by atoms with E-state index in [4.69, 9.17) is 9.84 Å². The average Bonchev–Trinajstić information content (AvgIpc) is 3.55. The molecule has 1 unspecified atom stereocenters. The van der Waals surface area contributed by atoms with Crippen LogP contribution in [0.4, 0.5) is 5.82 Å². The van der Waals surface area contributed by atoms with E-state index in [9.17, 15) is 9.59 Å². The van der Waals surface area contributed by atoms with Crippen LogP contribution in [-0.2, 0) is 14.3 Å². The van der Waals surface area contributed by atoms with Gasteiger partial charge in [-0.15, -0.1) is 0 Å². The molecule has 0 spiro atoms. The van der Waals surface area contributed by atoms with Crippen molar-refractivity contribution < 1.29 is 14.3 Å². The van der Waals surface area contributed by atoms with Crippen molar-refractivity contribution in [2.24, 2.45) is 0 Å². The van der Waals surface area contributed by atoms with E-state index in [1.165, 1.54) is 7.11 Å². The number of aromatic nitrogens is 2. The first-order chi connectivity index (χ1) is 15.0. The number of benzene rings is 1. The molecule has 1 aliphatic carbocycles. The number of hydrogen-bond acceptors (Lipinski definition) is 6. The number of amides is 1. The zero-order valence-corrected chi connectivity index (χ0v) is 18.3. The normalized spacial score (nSPS) is 19.9. The quantitative estimate of drug-likeness (QED) is 0.654. The second-order valence-corrected chi connectivity index (χ2v) is 8.47. The summed E-state index contributed by atoms with van der Waals surface area (Å²) in [7, 11) is 1.42. The number of piperazine rings is 1. The minimum absolute atomic E-state index is 0.0331. The van der Waals surface area contributed by atoms with Gasteiger partial charge in [0.2, 0.25) is 5.91 Å². The first kappa shape index (κ1) is 21.5. The molecule has 1 saturated heterocycles. The summed E-state index contributed by atoms with van der Waals surface area (Å²) in [5.41, 5.74) is 1.99. The van der Waals surface area contributed by atoms with Gasteiger partial charge < -0.3 is 10.1 Å². The molecular weight excluding hydrogens is 394 g/mol. The molecule has 31 heavy (non-hydrogen) atoms. The van der Waals surface area contributed by atoms with Crippen LogP contribution < -0.4 is 5.32 Å². The second-order valence-electron chi connectivity index (χ2n) is 8.47. The zero-order valence-electron chi connectivity index (χ0n) is 18.3. The van der Waals surface area contributed by atoms with Gasteiger partial charge in [0.1, 0.15) is 5.82 Å². The number of carbonyl (C=O) groups excluding carboxylic acids is 2. The zero-order chi connectivity index (χ0) is 21.8. The van der Waals surface area contributed by atoms with Crippen molar-refractivity contribution in [3.8, 4) is 5.69 Å². The van der Waals surface area contributed by atoms with Gasteiger partial charge >= 0.3 is 5.97 Å². The van der Waals surface area contributed by atoms with Crippen molar-refractivity contribution in [2.75, 3.05) is 45.2 Å². The molecule has 1 aromatic heterocycles. The summed E-state index contributed by atoms with van der Waals surface area (Å²) in [6, 6.07) is 12.2. The Morgan fingerprint density at radius 1 is 1.19 bits per heavy atom. The average molecular weight is 426 g/mol. The molecule has 2 heterocycles. The molecule has 1 saturated carbocycles. The maximum Gasteiger partial charge on any atom is 0.306 e.